The lowest BCUT2D eigenvalue weighted by molar-refractivity contribution is 0.0135. The third kappa shape index (κ3) is 4.38. The first-order chi connectivity index (χ1) is 16.8. The summed E-state index contributed by atoms with van der Waals surface area (Å²) in [7, 11) is 2.00. The van der Waals surface area contributed by atoms with Crippen molar-refractivity contribution in [3.05, 3.63) is 63.3 Å². The molecule has 1 aromatic carbocycles. The van der Waals surface area contributed by atoms with Gasteiger partial charge in [0.05, 0.1) is 22.9 Å². The monoisotopic (exact) mass is 510 g/mol. The highest BCUT2D eigenvalue weighted by Crippen LogP contribution is 2.52. The molecule has 2 aliphatic carbocycles. The van der Waals surface area contributed by atoms with Crippen LogP contribution >= 0.6 is 0 Å². The number of fused-ring (bicyclic) bond motifs is 1. The Labute approximate surface area is 204 Å². The number of carbonyl (C=O) groups excluding carboxylic acids is 1. The quantitative estimate of drug-likeness (QED) is 0.550. The molecule has 0 unspecified atom stereocenters. The molecule has 1 aliphatic heterocycles. The number of likely N-dealkylation sites (tertiary alicyclic amines) is 1. The number of alkyl halides is 4. The molecule has 2 aromatic rings. The van der Waals surface area contributed by atoms with Gasteiger partial charge in [0, 0.05) is 50.3 Å². The normalized spacial score (nSPS) is 27.3. The van der Waals surface area contributed by atoms with Crippen molar-refractivity contribution >= 4 is 11.6 Å². The summed E-state index contributed by atoms with van der Waals surface area (Å²) in [5, 5.41) is 5.80. The highest BCUT2D eigenvalue weighted by Gasteiger charge is 2.59. The zero-order chi connectivity index (χ0) is 26.2. The lowest BCUT2D eigenvalue weighted by atomic mass is 10.0. The fraction of sp³-hybridized carbons (Fsp3) is 0.520. The standard InChI is InChI=1S/C25H27F5N4O2/c1-12(13-5-4-6-17(21(13)26)24(2,27)28)31-23(36)16-11-34(19-8-25(19,29)30)20(35)7-18(16)32-22-14-9-33(3)10-15(14)22/h4-7,11-12,14-15,19,22,32H,8-10H2,1-3H3,(H,31,36)/t12-,14-,15+,19-,22-/m1/s1. The predicted octanol–water partition coefficient (Wildman–Crippen LogP) is 4.14. The van der Waals surface area contributed by atoms with Crippen LogP contribution in [0.2, 0.25) is 0 Å². The number of nitrogens with zero attached hydrogens (tertiary/aromatic N) is 2. The zero-order valence-corrected chi connectivity index (χ0v) is 20.0. The van der Waals surface area contributed by atoms with Gasteiger partial charge in [-0.05, 0) is 25.8 Å². The number of hydrogen-bond acceptors (Lipinski definition) is 4. The van der Waals surface area contributed by atoms with Crippen molar-refractivity contribution in [3.8, 4) is 0 Å². The average molecular weight is 511 g/mol. The Kier molecular flexibility index (Phi) is 5.70. The van der Waals surface area contributed by atoms with Gasteiger partial charge in [0.15, 0.2) is 0 Å². The summed E-state index contributed by atoms with van der Waals surface area (Å²) in [6, 6.07) is 2.39. The predicted molar refractivity (Wildman–Crippen MR) is 123 cm³/mol. The number of carbonyl (C=O) groups is 1. The zero-order valence-electron chi connectivity index (χ0n) is 20.0. The van der Waals surface area contributed by atoms with Crippen molar-refractivity contribution in [1.29, 1.82) is 0 Å². The van der Waals surface area contributed by atoms with Gasteiger partial charge >= 0.3 is 0 Å². The maximum absolute atomic E-state index is 14.8. The molecule has 3 fully saturated rings. The van der Waals surface area contributed by atoms with E-state index in [0.717, 1.165) is 36.0 Å². The maximum atomic E-state index is 14.8. The smallest absolute Gasteiger partial charge is 0.273 e. The van der Waals surface area contributed by atoms with Crippen LogP contribution in [0.1, 0.15) is 53.8 Å². The minimum absolute atomic E-state index is 0.0418. The largest absolute Gasteiger partial charge is 0.381 e. The number of halogens is 5. The van der Waals surface area contributed by atoms with Gasteiger partial charge in [0.1, 0.15) is 11.9 Å². The lowest BCUT2D eigenvalue weighted by Crippen LogP contribution is -2.32. The van der Waals surface area contributed by atoms with E-state index in [9.17, 15) is 31.5 Å². The van der Waals surface area contributed by atoms with Crippen molar-refractivity contribution < 1.29 is 26.7 Å². The van der Waals surface area contributed by atoms with Gasteiger partial charge in [0.25, 0.3) is 23.3 Å². The van der Waals surface area contributed by atoms with Crippen LogP contribution < -0.4 is 16.2 Å². The fourth-order valence-electron chi connectivity index (χ4n) is 5.30. The molecule has 194 valence electrons. The van der Waals surface area contributed by atoms with Crippen molar-refractivity contribution in [2.45, 2.75) is 50.2 Å². The Morgan fingerprint density at radius 2 is 1.86 bits per heavy atom. The first-order valence-corrected chi connectivity index (χ1v) is 11.8. The van der Waals surface area contributed by atoms with E-state index in [2.05, 4.69) is 15.5 Å². The molecule has 1 aromatic heterocycles. The van der Waals surface area contributed by atoms with Crippen LogP contribution in [-0.2, 0) is 5.92 Å². The van der Waals surface area contributed by atoms with Crippen molar-refractivity contribution in [2.75, 3.05) is 25.5 Å². The van der Waals surface area contributed by atoms with Gasteiger partial charge < -0.3 is 20.1 Å². The van der Waals surface area contributed by atoms with Crippen LogP contribution in [0.25, 0.3) is 0 Å². The number of pyridine rings is 1. The van der Waals surface area contributed by atoms with Gasteiger partial charge in [-0.1, -0.05) is 18.2 Å². The number of piperidine rings is 1. The van der Waals surface area contributed by atoms with Crippen LogP contribution in [0.3, 0.4) is 0 Å². The van der Waals surface area contributed by atoms with E-state index in [4.69, 9.17) is 0 Å². The maximum Gasteiger partial charge on any atom is 0.273 e. The van der Waals surface area contributed by atoms with E-state index in [1.807, 2.05) is 7.05 Å². The Balaban J connectivity index is 1.43. The van der Waals surface area contributed by atoms with Crippen LogP contribution in [-0.4, -0.2) is 47.5 Å². The second kappa shape index (κ2) is 8.29. The summed E-state index contributed by atoms with van der Waals surface area (Å²) in [4.78, 5) is 28.1. The molecule has 36 heavy (non-hydrogen) atoms. The minimum atomic E-state index is -3.41. The first kappa shape index (κ1) is 24.7. The summed E-state index contributed by atoms with van der Waals surface area (Å²) in [5.74, 6) is -7.61. The second-order valence-electron chi connectivity index (χ2n) is 10.3. The van der Waals surface area contributed by atoms with Crippen LogP contribution in [0.4, 0.5) is 27.6 Å². The molecule has 1 saturated heterocycles. The number of hydrogen-bond donors (Lipinski definition) is 2. The van der Waals surface area contributed by atoms with Crippen LogP contribution in [0.15, 0.2) is 35.3 Å². The van der Waals surface area contributed by atoms with Crippen molar-refractivity contribution in [3.63, 3.8) is 0 Å². The molecule has 1 amide bonds. The van der Waals surface area contributed by atoms with E-state index < -0.39 is 53.2 Å². The number of anilines is 1. The highest BCUT2D eigenvalue weighted by atomic mass is 19.3. The average Bonchev–Trinajstić information content (AvgIpc) is 3.54. The molecule has 2 N–H and O–H groups in total. The van der Waals surface area contributed by atoms with Gasteiger partial charge in [-0.3, -0.25) is 9.59 Å². The van der Waals surface area contributed by atoms with E-state index in [0.29, 0.717) is 18.8 Å². The van der Waals surface area contributed by atoms with Crippen LogP contribution in [0.5, 0.6) is 0 Å². The van der Waals surface area contributed by atoms with Gasteiger partial charge in [0.2, 0.25) is 0 Å². The highest BCUT2D eigenvalue weighted by molar-refractivity contribution is 5.99. The first-order valence-electron chi connectivity index (χ1n) is 11.8. The summed E-state index contributed by atoms with van der Waals surface area (Å²) in [5.41, 5.74) is -1.42. The summed E-state index contributed by atoms with van der Waals surface area (Å²) >= 11 is 0. The number of aromatic nitrogens is 1. The SMILES string of the molecule is C[C@@H](NC(=O)c1cn([C@@H]2CC2(F)F)c(=O)cc1N[C@@H]1[C@@H]2CN(C)C[C@@H]21)c1cccc(C(C)(F)F)c1F. The molecule has 0 bridgehead atoms. The van der Waals surface area contributed by atoms with Crippen molar-refractivity contribution in [1.82, 2.24) is 14.8 Å². The molecule has 2 saturated carbocycles. The van der Waals surface area contributed by atoms with E-state index in [1.165, 1.54) is 19.1 Å². The van der Waals surface area contributed by atoms with Gasteiger partial charge in [-0.15, -0.1) is 0 Å². The number of rotatable bonds is 7. The molecule has 2 heterocycles. The van der Waals surface area contributed by atoms with Gasteiger partial charge in [-0.25, -0.2) is 22.0 Å². The summed E-state index contributed by atoms with van der Waals surface area (Å²) < 4.78 is 70.7. The topological polar surface area (TPSA) is 66.4 Å². The minimum Gasteiger partial charge on any atom is -0.381 e. The molecular formula is C25H27F5N4O2. The molecule has 5 atom stereocenters. The molecule has 6 nitrogen and oxygen atoms in total. The fourth-order valence-corrected chi connectivity index (χ4v) is 5.30. The second-order valence-corrected chi connectivity index (χ2v) is 10.3. The van der Waals surface area contributed by atoms with E-state index in [1.54, 1.807) is 0 Å². The lowest BCUT2D eigenvalue weighted by Gasteiger charge is -2.21. The number of amides is 1. The van der Waals surface area contributed by atoms with Crippen LogP contribution in [0, 0.1) is 17.7 Å². The Hall–Kier alpha value is -2.95. The molecular weight excluding hydrogens is 483 g/mol. The summed E-state index contributed by atoms with van der Waals surface area (Å²) in [6.45, 7) is 3.75. The third-order valence-corrected chi connectivity index (χ3v) is 7.47. The molecule has 11 heteroatoms. The Morgan fingerprint density at radius 3 is 2.44 bits per heavy atom. The summed E-state index contributed by atoms with van der Waals surface area (Å²) in [6.07, 6.45) is 0.606. The van der Waals surface area contributed by atoms with Crippen molar-refractivity contribution in [2.24, 2.45) is 11.8 Å². The Bertz CT molecular complexity index is 1260. The molecule has 3 aliphatic rings. The number of nitrogens with one attached hydrogen (secondary N) is 2. The van der Waals surface area contributed by atoms with E-state index >= 15 is 0 Å². The molecule has 5 rings (SSSR count). The van der Waals surface area contributed by atoms with Gasteiger partial charge in [-0.2, -0.15) is 0 Å². The Morgan fingerprint density at radius 1 is 1.22 bits per heavy atom. The number of benzene rings is 1. The van der Waals surface area contributed by atoms with E-state index in [-0.39, 0.29) is 22.9 Å². The third-order valence-electron chi connectivity index (χ3n) is 7.47. The molecule has 0 radical (unpaired) electrons. The molecule has 0 spiro atoms.